The number of likely N-dealkylation sites (tertiary alicyclic amines) is 1. The molecule has 1 aliphatic carbocycles. The fourth-order valence-electron chi connectivity index (χ4n) is 3.78. The lowest BCUT2D eigenvalue weighted by Crippen LogP contribution is -2.53. The predicted molar refractivity (Wildman–Crippen MR) is 114 cm³/mol. The molecule has 0 spiro atoms. The Bertz CT molecular complexity index is 1340. The zero-order valence-electron chi connectivity index (χ0n) is 16.9. The van der Waals surface area contributed by atoms with E-state index < -0.39 is 18.0 Å². The van der Waals surface area contributed by atoms with Gasteiger partial charge >= 0.3 is 6.03 Å². The number of benzene rings is 1. The highest BCUT2D eigenvalue weighted by atomic mass is 19.1. The first kappa shape index (κ1) is 18.9. The number of hydrogen-bond acceptors (Lipinski definition) is 4. The van der Waals surface area contributed by atoms with E-state index in [1.165, 1.54) is 27.8 Å². The molecule has 1 aliphatic heterocycles. The van der Waals surface area contributed by atoms with Crippen LogP contribution in [-0.2, 0) is 0 Å². The summed E-state index contributed by atoms with van der Waals surface area (Å²) >= 11 is 0. The van der Waals surface area contributed by atoms with E-state index in [-0.39, 0.29) is 18.8 Å². The lowest BCUT2D eigenvalue weighted by Gasteiger charge is -2.34. The Morgan fingerprint density at radius 2 is 1.94 bits per heavy atom. The summed E-state index contributed by atoms with van der Waals surface area (Å²) in [6.45, 7) is 0.135. The van der Waals surface area contributed by atoms with E-state index in [0.717, 1.165) is 29.4 Å². The van der Waals surface area contributed by atoms with E-state index in [9.17, 15) is 13.6 Å². The number of urea groups is 1. The summed E-state index contributed by atoms with van der Waals surface area (Å²) in [5.74, 6) is -0.491. The minimum Gasteiger partial charge on any atom is -0.319 e. The van der Waals surface area contributed by atoms with Crippen LogP contribution in [0.4, 0.5) is 19.3 Å². The third kappa shape index (κ3) is 3.37. The molecule has 0 atom stereocenters. The Kier molecular flexibility index (Phi) is 4.20. The highest BCUT2D eigenvalue weighted by Crippen LogP contribution is 2.35. The first-order valence-corrected chi connectivity index (χ1v) is 10.4. The van der Waals surface area contributed by atoms with Crippen molar-refractivity contribution in [1.29, 1.82) is 0 Å². The van der Waals surface area contributed by atoms with Crippen LogP contribution in [0.1, 0.15) is 18.9 Å². The molecule has 1 N–H and O–H groups in total. The van der Waals surface area contributed by atoms with Crippen molar-refractivity contribution in [3.05, 3.63) is 54.9 Å². The van der Waals surface area contributed by atoms with Gasteiger partial charge in [0.05, 0.1) is 25.3 Å². The van der Waals surface area contributed by atoms with Crippen molar-refractivity contribution in [3.8, 4) is 16.8 Å². The van der Waals surface area contributed by atoms with Crippen LogP contribution in [0, 0.1) is 5.82 Å². The van der Waals surface area contributed by atoms with Gasteiger partial charge in [-0.2, -0.15) is 5.10 Å². The highest BCUT2D eigenvalue weighted by Gasteiger charge is 2.30. The van der Waals surface area contributed by atoms with Gasteiger partial charge in [-0.3, -0.25) is 4.68 Å². The second-order valence-corrected chi connectivity index (χ2v) is 8.25. The van der Waals surface area contributed by atoms with Gasteiger partial charge in [-0.25, -0.2) is 23.2 Å². The molecule has 0 unspecified atom stereocenters. The number of rotatable bonds is 4. The number of hydrogen-bond donors (Lipinski definition) is 1. The van der Waals surface area contributed by atoms with Crippen molar-refractivity contribution in [1.82, 2.24) is 29.4 Å². The monoisotopic (exact) mass is 435 g/mol. The fourth-order valence-corrected chi connectivity index (χ4v) is 3.78. The molecule has 162 valence electrons. The Morgan fingerprint density at radius 1 is 1.09 bits per heavy atom. The third-order valence-electron chi connectivity index (χ3n) is 5.78. The van der Waals surface area contributed by atoms with Crippen molar-refractivity contribution in [2.75, 3.05) is 18.4 Å². The number of fused-ring (bicyclic) bond motifs is 1. The number of nitrogens with zero attached hydrogens (tertiary/aromatic N) is 6. The van der Waals surface area contributed by atoms with E-state index in [4.69, 9.17) is 0 Å². The third-order valence-corrected chi connectivity index (χ3v) is 5.78. The van der Waals surface area contributed by atoms with Crippen molar-refractivity contribution >= 4 is 22.8 Å². The smallest absolute Gasteiger partial charge is 0.319 e. The quantitative estimate of drug-likeness (QED) is 0.527. The van der Waals surface area contributed by atoms with Gasteiger partial charge < -0.3 is 10.2 Å². The molecule has 32 heavy (non-hydrogen) atoms. The highest BCUT2D eigenvalue weighted by molar-refractivity contribution is 5.90. The van der Waals surface area contributed by atoms with Crippen molar-refractivity contribution in [3.63, 3.8) is 0 Å². The van der Waals surface area contributed by atoms with Crippen molar-refractivity contribution in [2.45, 2.75) is 25.1 Å². The number of aromatic nitrogens is 5. The Labute approximate surface area is 181 Å². The lowest BCUT2D eigenvalue weighted by molar-refractivity contribution is 0.0974. The average Bonchev–Trinajstić information content (AvgIpc) is 3.33. The van der Waals surface area contributed by atoms with E-state index in [0.29, 0.717) is 17.4 Å². The van der Waals surface area contributed by atoms with Gasteiger partial charge in [0.1, 0.15) is 17.7 Å². The number of carbonyl (C=O) groups is 1. The molecule has 2 fully saturated rings. The summed E-state index contributed by atoms with van der Waals surface area (Å²) in [5.41, 5.74) is 2.93. The Balaban J connectivity index is 1.28. The Hall–Kier alpha value is -3.82. The van der Waals surface area contributed by atoms with E-state index in [1.54, 1.807) is 12.4 Å². The number of carbonyl (C=O) groups excluding carboxylic acids is 1. The molecule has 6 rings (SSSR count). The molecule has 8 nitrogen and oxygen atoms in total. The number of amides is 2. The number of anilines is 1. The normalized spacial score (nSPS) is 16.4. The molecule has 2 aliphatic rings. The maximum Gasteiger partial charge on any atom is 0.322 e. The number of pyridine rings is 1. The zero-order chi connectivity index (χ0) is 21.8. The van der Waals surface area contributed by atoms with E-state index in [1.807, 2.05) is 23.1 Å². The van der Waals surface area contributed by atoms with Crippen LogP contribution in [0.25, 0.3) is 27.8 Å². The summed E-state index contributed by atoms with van der Waals surface area (Å²) in [7, 11) is 0. The van der Waals surface area contributed by atoms with Crippen LogP contribution in [0.3, 0.4) is 0 Å². The van der Waals surface area contributed by atoms with Gasteiger partial charge in [0.15, 0.2) is 5.65 Å². The topological polar surface area (TPSA) is 80.9 Å². The fraction of sp³-hybridized carbons (Fsp3) is 0.273. The lowest BCUT2D eigenvalue weighted by atomic mass is 10.1. The molecule has 4 heterocycles. The molecule has 1 aromatic carbocycles. The van der Waals surface area contributed by atoms with Gasteiger partial charge in [0, 0.05) is 40.8 Å². The van der Waals surface area contributed by atoms with Gasteiger partial charge in [-0.1, -0.05) is 0 Å². The second kappa shape index (κ2) is 7.11. The first-order valence-electron chi connectivity index (χ1n) is 10.4. The molecular formula is C22H19F2N7O. The van der Waals surface area contributed by atoms with Crippen LogP contribution < -0.4 is 5.32 Å². The molecule has 1 saturated heterocycles. The minimum absolute atomic E-state index is 0.0675. The molecular weight excluding hydrogens is 416 g/mol. The van der Waals surface area contributed by atoms with Gasteiger partial charge in [-0.15, -0.1) is 5.10 Å². The summed E-state index contributed by atoms with van der Waals surface area (Å²) in [4.78, 5) is 17.9. The van der Waals surface area contributed by atoms with Crippen LogP contribution in [-0.4, -0.2) is 54.7 Å². The number of halogens is 2. The van der Waals surface area contributed by atoms with E-state index in [2.05, 4.69) is 20.5 Å². The summed E-state index contributed by atoms with van der Waals surface area (Å²) in [6, 6.07) is 6.24. The van der Waals surface area contributed by atoms with Crippen LogP contribution in [0.15, 0.2) is 49.1 Å². The second-order valence-electron chi connectivity index (χ2n) is 8.25. The van der Waals surface area contributed by atoms with Crippen molar-refractivity contribution < 1.29 is 13.6 Å². The van der Waals surface area contributed by atoms with Crippen LogP contribution in [0.5, 0.6) is 0 Å². The molecule has 1 saturated carbocycles. The molecule has 4 aromatic rings. The number of nitrogens with one attached hydrogen (secondary N) is 1. The van der Waals surface area contributed by atoms with Crippen LogP contribution >= 0.6 is 0 Å². The zero-order valence-corrected chi connectivity index (χ0v) is 16.9. The van der Waals surface area contributed by atoms with Crippen molar-refractivity contribution in [2.24, 2.45) is 0 Å². The molecule has 3 aromatic heterocycles. The summed E-state index contributed by atoms with van der Waals surface area (Å²) in [6.07, 6.45) is 8.59. The predicted octanol–water partition coefficient (Wildman–Crippen LogP) is 3.94. The molecule has 0 radical (unpaired) electrons. The Morgan fingerprint density at radius 3 is 2.72 bits per heavy atom. The summed E-state index contributed by atoms with van der Waals surface area (Å²) in [5, 5.41) is 12.2. The SMILES string of the molecule is O=C(Nc1ccc(F)c(-n2cc3cc(-c4cnn(C5CC5)c4)cnc3n2)c1)N1CC(F)C1. The summed E-state index contributed by atoms with van der Waals surface area (Å²) < 4.78 is 30.9. The number of alkyl halides is 1. The van der Waals surface area contributed by atoms with Crippen LogP contribution in [0.2, 0.25) is 0 Å². The minimum atomic E-state index is -0.985. The molecule has 10 heteroatoms. The average molecular weight is 435 g/mol. The van der Waals surface area contributed by atoms with Gasteiger partial charge in [0.25, 0.3) is 0 Å². The van der Waals surface area contributed by atoms with Gasteiger partial charge in [-0.05, 0) is 37.1 Å². The van der Waals surface area contributed by atoms with E-state index >= 15 is 0 Å². The maximum absolute atomic E-state index is 14.6. The maximum atomic E-state index is 14.6. The standard InChI is InChI=1S/C22H19F2N7O/c23-16-11-29(12-16)22(32)27-17-1-4-19(24)20(6-17)31-9-14-5-13(7-25-21(14)28-31)15-8-26-30(10-15)18-2-3-18/h1,4-10,16,18H,2-3,11-12H2,(H,27,32). The largest absolute Gasteiger partial charge is 0.322 e. The molecule has 0 bridgehead atoms. The molecule has 2 amide bonds. The van der Waals surface area contributed by atoms with Gasteiger partial charge in [0.2, 0.25) is 0 Å². The first-order chi connectivity index (χ1) is 15.5.